The number of nitrogens with one attached hydrogen (secondary N) is 1. The second-order valence-electron chi connectivity index (χ2n) is 6.68. The molecule has 1 heterocycles. The van der Waals surface area contributed by atoms with Crippen LogP contribution < -0.4 is 5.32 Å². The minimum absolute atomic E-state index is 0.133. The molecule has 0 saturated carbocycles. The van der Waals surface area contributed by atoms with Crippen LogP contribution in [-0.2, 0) is 6.42 Å². The number of carboxylic acid groups (broad SMARTS) is 1. The number of halogens is 3. The number of nitrogens with zero attached hydrogens (tertiary/aromatic N) is 1. The van der Waals surface area contributed by atoms with Gasteiger partial charge in [0.1, 0.15) is 5.82 Å². The molecule has 0 unspecified atom stereocenters. The Morgan fingerprint density at radius 2 is 1.96 bits per heavy atom. The van der Waals surface area contributed by atoms with Crippen molar-refractivity contribution in [3.8, 4) is 11.3 Å². The van der Waals surface area contributed by atoms with Crippen LogP contribution in [0.5, 0.6) is 0 Å². The molecular weight excluding hydrogens is 422 g/mol. The minimum atomic E-state index is -1.20. The van der Waals surface area contributed by atoms with Gasteiger partial charge in [-0.2, -0.15) is 0 Å². The van der Waals surface area contributed by atoms with Crippen molar-refractivity contribution in [1.82, 2.24) is 4.98 Å². The second-order valence-corrected chi connectivity index (χ2v) is 8.57. The molecular formula is C20H17Cl2FN2O2S. The summed E-state index contributed by atoms with van der Waals surface area (Å²) in [5, 5.41) is 13.6. The van der Waals surface area contributed by atoms with Crippen LogP contribution in [0.3, 0.4) is 0 Å². The van der Waals surface area contributed by atoms with Gasteiger partial charge in [-0.1, -0.05) is 43.1 Å². The Morgan fingerprint density at radius 3 is 2.61 bits per heavy atom. The van der Waals surface area contributed by atoms with E-state index in [2.05, 4.69) is 24.1 Å². The number of benzene rings is 2. The number of aromatic nitrogens is 1. The summed E-state index contributed by atoms with van der Waals surface area (Å²) in [7, 11) is 0. The first-order valence-corrected chi connectivity index (χ1v) is 10.1. The molecule has 0 bridgehead atoms. The van der Waals surface area contributed by atoms with E-state index in [0.717, 1.165) is 28.6 Å². The molecule has 0 saturated heterocycles. The van der Waals surface area contributed by atoms with Gasteiger partial charge in [0.2, 0.25) is 0 Å². The van der Waals surface area contributed by atoms with E-state index in [1.807, 2.05) is 6.07 Å². The Bertz CT molecular complexity index is 1040. The third kappa shape index (κ3) is 4.82. The van der Waals surface area contributed by atoms with Crippen LogP contribution in [0.4, 0.5) is 15.2 Å². The molecule has 0 aliphatic rings. The van der Waals surface area contributed by atoms with E-state index in [1.165, 1.54) is 23.5 Å². The SMILES string of the molecule is CC(C)Cc1sc(Nc2cc(F)cc(C(=O)O)c2)nc1-c1ccc(Cl)c(Cl)c1. The van der Waals surface area contributed by atoms with Crippen LogP contribution in [0.2, 0.25) is 10.0 Å². The molecule has 0 aliphatic carbocycles. The average Bonchev–Trinajstić information content (AvgIpc) is 2.98. The van der Waals surface area contributed by atoms with E-state index in [0.29, 0.717) is 26.8 Å². The molecule has 2 N–H and O–H groups in total. The first-order chi connectivity index (χ1) is 13.2. The maximum Gasteiger partial charge on any atom is 0.335 e. The fourth-order valence-electron chi connectivity index (χ4n) is 2.69. The highest BCUT2D eigenvalue weighted by Crippen LogP contribution is 2.36. The summed E-state index contributed by atoms with van der Waals surface area (Å²) in [4.78, 5) is 16.8. The van der Waals surface area contributed by atoms with Crippen molar-refractivity contribution in [3.63, 3.8) is 0 Å². The van der Waals surface area contributed by atoms with Crippen LogP contribution in [0.25, 0.3) is 11.3 Å². The molecule has 3 aromatic rings. The van der Waals surface area contributed by atoms with Crippen LogP contribution >= 0.6 is 34.5 Å². The highest BCUT2D eigenvalue weighted by molar-refractivity contribution is 7.16. The number of carboxylic acids is 1. The summed E-state index contributed by atoms with van der Waals surface area (Å²) in [6, 6.07) is 8.90. The summed E-state index contributed by atoms with van der Waals surface area (Å²) < 4.78 is 13.7. The molecule has 0 aliphatic heterocycles. The largest absolute Gasteiger partial charge is 0.478 e. The maximum absolute atomic E-state index is 13.7. The second kappa shape index (κ2) is 8.47. The zero-order valence-electron chi connectivity index (χ0n) is 15.1. The lowest BCUT2D eigenvalue weighted by Gasteiger charge is -2.06. The van der Waals surface area contributed by atoms with Crippen molar-refractivity contribution < 1.29 is 14.3 Å². The first kappa shape index (κ1) is 20.6. The molecule has 0 spiro atoms. The molecule has 0 atom stereocenters. The van der Waals surface area contributed by atoms with Crippen molar-refractivity contribution in [1.29, 1.82) is 0 Å². The van der Waals surface area contributed by atoms with E-state index in [1.54, 1.807) is 12.1 Å². The molecule has 146 valence electrons. The highest BCUT2D eigenvalue weighted by atomic mass is 35.5. The third-order valence-corrected chi connectivity index (χ3v) is 5.61. The fourth-order valence-corrected chi connectivity index (χ4v) is 4.21. The van der Waals surface area contributed by atoms with Gasteiger partial charge in [-0.05, 0) is 42.7 Å². The number of rotatable bonds is 6. The maximum atomic E-state index is 13.7. The van der Waals surface area contributed by atoms with E-state index in [9.17, 15) is 9.18 Å². The first-order valence-electron chi connectivity index (χ1n) is 8.49. The molecule has 8 heteroatoms. The lowest BCUT2D eigenvalue weighted by atomic mass is 10.0. The number of thiazole rings is 1. The monoisotopic (exact) mass is 438 g/mol. The van der Waals surface area contributed by atoms with E-state index < -0.39 is 11.8 Å². The molecule has 28 heavy (non-hydrogen) atoms. The smallest absolute Gasteiger partial charge is 0.335 e. The number of aromatic carboxylic acids is 1. The van der Waals surface area contributed by atoms with Crippen LogP contribution in [0.15, 0.2) is 36.4 Å². The molecule has 2 aromatic carbocycles. The summed E-state index contributed by atoms with van der Waals surface area (Å²) in [6.45, 7) is 4.22. The topological polar surface area (TPSA) is 62.2 Å². The van der Waals surface area contributed by atoms with Crippen molar-refractivity contribution in [2.45, 2.75) is 20.3 Å². The number of anilines is 2. The Kier molecular flexibility index (Phi) is 6.23. The van der Waals surface area contributed by atoms with Gasteiger partial charge in [-0.15, -0.1) is 11.3 Å². The molecule has 4 nitrogen and oxygen atoms in total. The third-order valence-electron chi connectivity index (χ3n) is 3.88. The summed E-state index contributed by atoms with van der Waals surface area (Å²) >= 11 is 13.6. The lowest BCUT2D eigenvalue weighted by Crippen LogP contribution is -1.99. The number of hydrogen-bond donors (Lipinski definition) is 2. The van der Waals surface area contributed by atoms with Gasteiger partial charge in [-0.25, -0.2) is 14.2 Å². The van der Waals surface area contributed by atoms with E-state index in [-0.39, 0.29) is 5.56 Å². The fraction of sp³-hybridized carbons (Fsp3) is 0.200. The van der Waals surface area contributed by atoms with Crippen LogP contribution in [0, 0.1) is 11.7 Å². The van der Waals surface area contributed by atoms with Crippen LogP contribution in [-0.4, -0.2) is 16.1 Å². The van der Waals surface area contributed by atoms with Gasteiger partial charge in [0.15, 0.2) is 5.13 Å². The summed E-state index contributed by atoms with van der Waals surface area (Å²) in [5.74, 6) is -1.42. The molecule has 0 radical (unpaired) electrons. The van der Waals surface area contributed by atoms with E-state index in [4.69, 9.17) is 28.3 Å². The van der Waals surface area contributed by atoms with Crippen LogP contribution in [0.1, 0.15) is 29.1 Å². The molecule has 3 rings (SSSR count). The Hall–Kier alpha value is -2.15. The van der Waals surface area contributed by atoms with Crippen molar-refractivity contribution in [3.05, 3.63) is 62.7 Å². The normalized spacial score (nSPS) is 11.1. The molecule has 0 amide bonds. The predicted molar refractivity (Wildman–Crippen MR) is 113 cm³/mol. The minimum Gasteiger partial charge on any atom is -0.478 e. The Balaban J connectivity index is 2.00. The summed E-state index contributed by atoms with van der Waals surface area (Å²) in [5.41, 5.74) is 1.79. The number of carbonyl (C=O) groups is 1. The van der Waals surface area contributed by atoms with Gasteiger partial charge in [0.25, 0.3) is 0 Å². The average molecular weight is 439 g/mol. The number of hydrogen-bond acceptors (Lipinski definition) is 4. The zero-order chi connectivity index (χ0) is 20.4. The predicted octanol–water partition coefficient (Wildman–Crippen LogP) is 6.90. The lowest BCUT2D eigenvalue weighted by molar-refractivity contribution is 0.0696. The standard InChI is InChI=1S/C20H17Cl2FN2O2S/c1-10(2)5-17-18(11-3-4-15(21)16(22)8-11)25-20(28-17)24-14-7-12(19(26)27)6-13(23)9-14/h3-4,6-10H,5H2,1-2H3,(H,24,25)(H,26,27). The Morgan fingerprint density at radius 1 is 1.21 bits per heavy atom. The van der Waals surface area contributed by atoms with Gasteiger partial charge in [0, 0.05) is 16.1 Å². The van der Waals surface area contributed by atoms with Crippen molar-refractivity contribution in [2.24, 2.45) is 5.92 Å². The van der Waals surface area contributed by atoms with Crippen molar-refractivity contribution in [2.75, 3.05) is 5.32 Å². The quantitative estimate of drug-likeness (QED) is 0.439. The van der Waals surface area contributed by atoms with E-state index >= 15 is 0 Å². The van der Waals surface area contributed by atoms with Gasteiger partial charge < -0.3 is 10.4 Å². The van der Waals surface area contributed by atoms with Gasteiger partial charge in [0.05, 0.1) is 21.3 Å². The molecule has 1 aromatic heterocycles. The molecule has 0 fully saturated rings. The Labute approximate surface area is 176 Å². The van der Waals surface area contributed by atoms with Gasteiger partial charge >= 0.3 is 5.97 Å². The van der Waals surface area contributed by atoms with Gasteiger partial charge in [-0.3, -0.25) is 0 Å². The van der Waals surface area contributed by atoms with Crippen molar-refractivity contribution >= 4 is 51.3 Å². The zero-order valence-corrected chi connectivity index (χ0v) is 17.4. The highest BCUT2D eigenvalue weighted by Gasteiger charge is 2.16. The summed E-state index contributed by atoms with van der Waals surface area (Å²) in [6.07, 6.45) is 0.804.